The van der Waals surface area contributed by atoms with Gasteiger partial charge in [0.15, 0.2) is 0 Å². The van der Waals surface area contributed by atoms with Crippen LogP contribution in [-0.2, 0) is 22.5 Å². The van der Waals surface area contributed by atoms with Gasteiger partial charge in [-0.15, -0.1) is 0 Å². The molecule has 3 heteroatoms. The predicted octanol–water partition coefficient (Wildman–Crippen LogP) is 6.02. The molecule has 2 aromatic carbocycles. The van der Waals surface area contributed by atoms with E-state index in [-0.39, 0.29) is 6.61 Å². The summed E-state index contributed by atoms with van der Waals surface area (Å²) in [6, 6.07) is 18.6. The second kappa shape index (κ2) is 10.0. The molecule has 2 aromatic rings. The second-order valence-electron chi connectivity index (χ2n) is 7.05. The molecule has 0 amide bonds. The highest BCUT2D eigenvalue weighted by molar-refractivity contribution is 5.59. The highest BCUT2D eigenvalue weighted by Crippen LogP contribution is 2.32. The Balaban J connectivity index is 1.32. The number of benzene rings is 2. The van der Waals surface area contributed by atoms with E-state index in [4.69, 9.17) is 9.47 Å². The average Bonchev–Trinajstić information content (AvgIpc) is 2.71. The minimum atomic E-state index is -0.596. The SMILES string of the molecule is O=C(OCCCc1ccc(C2CCCCC2)cc1)OCc1ccccc1. The minimum Gasteiger partial charge on any atom is -0.434 e. The summed E-state index contributed by atoms with van der Waals surface area (Å²) in [6.07, 6.45) is 7.91. The molecule has 138 valence electrons. The molecule has 0 N–H and O–H groups in total. The first-order valence-corrected chi connectivity index (χ1v) is 9.73. The molecular weight excluding hydrogens is 324 g/mol. The van der Waals surface area contributed by atoms with Gasteiger partial charge in [-0.1, -0.05) is 73.9 Å². The molecule has 26 heavy (non-hydrogen) atoms. The van der Waals surface area contributed by atoms with Crippen LogP contribution in [-0.4, -0.2) is 12.8 Å². The lowest BCUT2D eigenvalue weighted by Crippen LogP contribution is -2.09. The minimum absolute atomic E-state index is 0.252. The van der Waals surface area contributed by atoms with Gasteiger partial charge in [0.2, 0.25) is 0 Å². The summed E-state index contributed by atoms with van der Waals surface area (Å²) < 4.78 is 10.2. The number of aryl methyl sites for hydroxylation is 1. The normalized spacial score (nSPS) is 14.8. The van der Waals surface area contributed by atoms with Crippen LogP contribution in [0.15, 0.2) is 54.6 Å². The number of rotatable bonds is 7. The summed E-state index contributed by atoms with van der Waals surface area (Å²) in [5.74, 6) is 0.750. The quantitative estimate of drug-likeness (QED) is 0.451. The van der Waals surface area contributed by atoms with E-state index < -0.39 is 6.16 Å². The largest absolute Gasteiger partial charge is 0.508 e. The number of ether oxygens (including phenoxy) is 2. The summed E-state index contributed by atoms with van der Waals surface area (Å²) in [5, 5.41) is 0. The Morgan fingerprint density at radius 1 is 0.846 bits per heavy atom. The fourth-order valence-corrected chi connectivity index (χ4v) is 3.58. The van der Waals surface area contributed by atoms with E-state index in [1.54, 1.807) is 0 Å². The van der Waals surface area contributed by atoms with Gasteiger partial charge < -0.3 is 9.47 Å². The number of hydrogen-bond acceptors (Lipinski definition) is 3. The van der Waals surface area contributed by atoms with Crippen LogP contribution in [0.25, 0.3) is 0 Å². The van der Waals surface area contributed by atoms with E-state index in [9.17, 15) is 4.79 Å². The maximum Gasteiger partial charge on any atom is 0.508 e. The summed E-state index contributed by atoms with van der Waals surface area (Å²) in [7, 11) is 0. The van der Waals surface area contributed by atoms with E-state index >= 15 is 0 Å². The van der Waals surface area contributed by atoms with Gasteiger partial charge in [-0.05, 0) is 48.3 Å². The molecule has 0 radical (unpaired) electrons. The first kappa shape index (κ1) is 18.5. The fourth-order valence-electron chi connectivity index (χ4n) is 3.58. The van der Waals surface area contributed by atoms with Crippen LogP contribution in [0.3, 0.4) is 0 Å². The van der Waals surface area contributed by atoms with Crippen LogP contribution >= 0.6 is 0 Å². The zero-order valence-electron chi connectivity index (χ0n) is 15.4. The Kier molecular flexibility index (Phi) is 7.12. The van der Waals surface area contributed by atoms with Gasteiger partial charge >= 0.3 is 6.16 Å². The lowest BCUT2D eigenvalue weighted by Gasteiger charge is -2.22. The van der Waals surface area contributed by atoms with Crippen molar-refractivity contribution in [3.05, 3.63) is 71.3 Å². The molecule has 0 aliphatic heterocycles. The summed E-state index contributed by atoms with van der Waals surface area (Å²) in [4.78, 5) is 11.6. The molecule has 0 saturated heterocycles. The molecule has 1 fully saturated rings. The second-order valence-corrected chi connectivity index (χ2v) is 7.05. The summed E-state index contributed by atoms with van der Waals surface area (Å²) >= 11 is 0. The molecule has 0 aromatic heterocycles. The van der Waals surface area contributed by atoms with Crippen molar-refractivity contribution in [3.8, 4) is 0 Å². The van der Waals surface area contributed by atoms with Gasteiger partial charge in [0.05, 0.1) is 6.61 Å². The molecule has 0 atom stereocenters. The lowest BCUT2D eigenvalue weighted by atomic mass is 9.84. The zero-order valence-corrected chi connectivity index (χ0v) is 15.4. The molecule has 3 rings (SSSR count). The first-order chi connectivity index (χ1) is 12.8. The van der Waals surface area contributed by atoms with Gasteiger partial charge in [-0.3, -0.25) is 0 Å². The molecule has 1 aliphatic carbocycles. The third kappa shape index (κ3) is 5.91. The van der Waals surface area contributed by atoms with Gasteiger partial charge in [-0.2, -0.15) is 0 Å². The Morgan fingerprint density at radius 3 is 2.31 bits per heavy atom. The molecule has 1 saturated carbocycles. The van der Waals surface area contributed by atoms with E-state index in [0.29, 0.717) is 6.61 Å². The van der Waals surface area contributed by atoms with Crippen molar-refractivity contribution in [2.24, 2.45) is 0 Å². The lowest BCUT2D eigenvalue weighted by molar-refractivity contribution is 0.0492. The van der Waals surface area contributed by atoms with Gasteiger partial charge in [0.1, 0.15) is 6.61 Å². The maximum atomic E-state index is 11.6. The van der Waals surface area contributed by atoms with Gasteiger partial charge in [-0.25, -0.2) is 4.79 Å². The maximum absolute atomic E-state index is 11.6. The molecule has 0 heterocycles. The van der Waals surface area contributed by atoms with Crippen molar-refractivity contribution in [2.75, 3.05) is 6.61 Å². The highest BCUT2D eigenvalue weighted by atomic mass is 16.7. The Hall–Kier alpha value is -2.29. The van der Waals surface area contributed by atoms with Crippen LogP contribution in [0.4, 0.5) is 4.79 Å². The molecule has 0 bridgehead atoms. The van der Waals surface area contributed by atoms with E-state index in [1.165, 1.54) is 43.2 Å². The van der Waals surface area contributed by atoms with Crippen molar-refractivity contribution in [3.63, 3.8) is 0 Å². The molecule has 0 spiro atoms. The third-order valence-electron chi connectivity index (χ3n) is 5.09. The number of carbonyl (C=O) groups is 1. The Bertz CT molecular complexity index is 658. The average molecular weight is 352 g/mol. The highest BCUT2D eigenvalue weighted by Gasteiger charge is 2.15. The topological polar surface area (TPSA) is 35.5 Å². The summed E-state index contributed by atoms with van der Waals surface area (Å²) in [5.41, 5.74) is 3.74. The van der Waals surface area contributed by atoms with Crippen LogP contribution in [0.2, 0.25) is 0 Å². The van der Waals surface area contributed by atoms with Crippen molar-refractivity contribution in [1.82, 2.24) is 0 Å². The van der Waals surface area contributed by atoms with Crippen LogP contribution < -0.4 is 0 Å². The summed E-state index contributed by atoms with van der Waals surface area (Å²) in [6.45, 7) is 0.639. The van der Waals surface area contributed by atoms with Crippen LogP contribution in [0.1, 0.15) is 61.1 Å². The van der Waals surface area contributed by atoms with E-state index in [2.05, 4.69) is 24.3 Å². The molecule has 1 aliphatic rings. The van der Waals surface area contributed by atoms with Crippen molar-refractivity contribution >= 4 is 6.16 Å². The smallest absolute Gasteiger partial charge is 0.434 e. The molecule has 3 nitrogen and oxygen atoms in total. The van der Waals surface area contributed by atoms with Crippen molar-refractivity contribution in [1.29, 1.82) is 0 Å². The monoisotopic (exact) mass is 352 g/mol. The van der Waals surface area contributed by atoms with E-state index in [0.717, 1.165) is 24.3 Å². The number of carbonyl (C=O) groups excluding carboxylic acids is 1. The Morgan fingerprint density at radius 2 is 1.58 bits per heavy atom. The standard InChI is InChI=1S/C23H28O3/c24-23(26-18-20-8-3-1-4-9-20)25-17-7-10-19-13-15-22(16-14-19)21-11-5-2-6-12-21/h1,3-4,8-9,13-16,21H,2,5-7,10-12,17-18H2. The first-order valence-electron chi connectivity index (χ1n) is 9.73. The van der Waals surface area contributed by atoms with Gasteiger partial charge in [0, 0.05) is 0 Å². The van der Waals surface area contributed by atoms with Crippen LogP contribution in [0, 0.1) is 0 Å². The number of hydrogen-bond donors (Lipinski definition) is 0. The molecular formula is C23H28O3. The van der Waals surface area contributed by atoms with Crippen LogP contribution in [0.5, 0.6) is 0 Å². The van der Waals surface area contributed by atoms with Crippen molar-refractivity contribution in [2.45, 2.75) is 57.5 Å². The molecule has 0 unspecified atom stereocenters. The third-order valence-corrected chi connectivity index (χ3v) is 5.09. The fraction of sp³-hybridized carbons (Fsp3) is 0.435. The van der Waals surface area contributed by atoms with Gasteiger partial charge in [0.25, 0.3) is 0 Å². The predicted molar refractivity (Wildman–Crippen MR) is 103 cm³/mol. The Labute approximate surface area is 156 Å². The zero-order chi connectivity index (χ0) is 18.0. The van der Waals surface area contributed by atoms with E-state index in [1.807, 2.05) is 30.3 Å². The van der Waals surface area contributed by atoms with Crippen molar-refractivity contribution < 1.29 is 14.3 Å².